The van der Waals surface area contributed by atoms with Crippen LogP contribution in [0.5, 0.6) is 11.5 Å². The molecule has 2 N–H and O–H groups in total. The van der Waals surface area contributed by atoms with Crippen LogP contribution in [0.2, 0.25) is 0 Å². The first kappa shape index (κ1) is 9.19. The quantitative estimate of drug-likeness (QED) is 0.748. The number of rotatable bonds is 3. The molecular weight excluding hydrogens is 178 g/mol. The number of nitrogen functional groups attached to an aromatic ring is 1. The van der Waals surface area contributed by atoms with Gasteiger partial charge in [-0.05, 0) is 31.9 Å². The molecule has 76 valence electrons. The lowest BCUT2D eigenvalue weighted by Crippen LogP contribution is -2.12. The summed E-state index contributed by atoms with van der Waals surface area (Å²) in [7, 11) is 1.62. The first-order valence-corrected chi connectivity index (χ1v) is 4.75. The predicted molar refractivity (Wildman–Crippen MR) is 55.7 cm³/mol. The Balaban J connectivity index is 2.23. The number of methoxy groups -OCH3 is 1. The van der Waals surface area contributed by atoms with Crippen LogP contribution in [0.15, 0.2) is 18.2 Å². The van der Waals surface area contributed by atoms with Gasteiger partial charge in [-0.2, -0.15) is 0 Å². The summed E-state index contributed by atoms with van der Waals surface area (Å²) in [6.07, 6.45) is 2.22. The van der Waals surface area contributed by atoms with Gasteiger partial charge < -0.3 is 15.2 Å². The fourth-order valence-electron chi connectivity index (χ4n) is 1.31. The minimum absolute atomic E-state index is 0.0173. The zero-order chi connectivity index (χ0) is 10.2. The third kappa shape index (κ3) is 1.76. The number of hydrogen-bond acceptors (Lipinski definition) is 3. The fourth-order valence-corrected chi connectivity index (χ4v) is 1.31. The average Bonchev–Trinajstić information content (AvgIpc) is 2.87. The van der Waals surface area contributed by atoms with Gasteiger partial charge in [-0.3, -0.25) is 0 Å². The Morgan fingerprint density at radius 3 is 2.57 bits per heavy atom. The van der Waals surface area contributed by atoms with Crippen LogP contribution in [-0.2, 0) is 0 Å². The van der Waals surface area contributed by atoms with Crippen molar-refractivity contribution in [2.75, 3.05) is 12.8 Å². The van der Waals surface area contributed by atoms with Crippen molar-refractivity contribution in [2.45, 2.75) is 25.4 Å². The fraction of sp³-hybridized carbons (Fsp3) is 0.455. The molecule has 0 heterocycles. The number of nitrogens with two attached hydrogens (primary N) is 1. The van der Waals surface area contributed by atoms with E-state index >= 15 is 0 Å². The molecule has 3 nitrogen and oxygen atoms in total. The molecule has 0 saturated heterocycles. The topological polar surface area (TPSA) is 44.5 Å². The Bertz CT molecular complexity index is 345. The van der Waals surface area contributed by atoms with Crippen LogP contribution in [0.3, 0.4) is 0 Å². The summed E-state index contributed by atoms with van der Waals surface area (Å²) < 4.78 is 11.0. The second kappa shape index (κ2) is 3.08. The Hall–Kier alpha value is -1.38. The predicted octanol–water partition coefficient (Wildman–Crippen LogP) is 2.21. The zero-order valence-corrected chi connectivity index (χ0v) is 8.54. The summed E-state index contributed by atoms with van der Waals surface area (Å²) in [5.74, 6) is 1.49. The van der Waals surface area contributed by atoms with Crippen molar-refractivity contribution in [3.8, 4) is 11.5 Å². The van der Waals surface area contributed by atoms with Gasteiger partial charge in [0.1, 0.15) is 5.60 Å². The molecule has 0 atom stereocenters. The molecule has 1 aromatic carbocycles. The molecule has 14 heavy (non-hydrogen) atoms. The van der Waals surface area contributed by atoms with Gasteiger partial charge in [0, 0.05) is 11.8 Å². The van der Waals surface area contributed by atoms with Gasteiger partial charge in [0.05, 0.1) is 7.11 Å². The smallest absolute Gasteiger partial charge is 0.162 e. The van der Waals surface area contributed by atoms with Crippen LogP contribution < -0.4 is 15.2 Å². The minimum atomic E-state index is 0.0173. The van der Waals surface area contributed by atoms with E-state index in [1.165, 1.54) is 0 Å². The van der Waals surface area contributed by atoms with Crippen LogP contribution in [0, 0.1) is 0 Å². The van der Waals surface area contributed by atoms with E-state index in [1.54, 1.807) is 13.2 Å². The van der Waals surface area contributed by atoms with Crippen LogP contribution in [0.4, 0.5) is 5.69 Å². The maximum atomic E-state index is 5.81. The highest BCUT2D eigenvalue weighted by molar-refractivity contribution is 5.52. The molecule has 0 aliphatic heterocycles. The SMILES string of the molecule is COc1cc(N)ccc1OC1(C)CC1. The molecular formula is C11H15NO2. The highest BCUT2D eigenvalue weighted by Crippen LogP contribution is 2.42. The van der Waals surface area contributed by atoms with Gasteiger partial charge in [-0.1, -0.05) is 0 Å². The normalized spacial score (nSPS) is 17.6. The number of benzene rings is 1. The average molecular weight is 193 g/mol. The van der Waals surface area contributed by atoms with Gasteiger partial charge in [-0.25, -0.2) is 0 Å². The molecule has 1 aromatic rings. The highest BCUT2D eigenvalue weighted by Gasteiger charge is 2.40. The molecule has 3 heteroatoms. The van der Waals surface area contributed by atoms with Crippen molar-refractivity contribution in [2.24, 2.45) is 0 Å². The molecule has 1 aliphatic carbocycles. The molecule has 0 bridgehead atoms. The van der Waals surface area contributed by atoms with E-state index in [4.69, 9.17) is 15.2 Å². The highest BCUT2D eigenvalue weighted by atomic mass is 16.5. The van der Waals surface area contributed by atoms with Crippen LogP contribution in [0.1, 0.15) is 19.8 Å². The maximum Gasteiger partial charge on any atom is 0.162 e. The van der Waals surface area contributed by atoms with E-state index in [9.17, 15) is 0 Å². The standard InChI is InChI=1S/C11H15NO2/c1-11(5-6-11)14-9-4-3-8(12)7-10(9)13-2/h3-4,7H,5-6,12H2,1-2H3. The maximum absolute atomic E-state index is 5.81. The van der Waals surface area contributed by atoms with Crippen molar-refractivity contribution < 1.29 is 9.47 Å². The Morgan fingerprint density at radius 1 is 1.29 bits per heavy atom. The molecule has 0 radical (unpaired) electrons. The molecule has 0 unspecified atom stereocenters. The lowest BCUT2D eigenvalue weighted by molar-refractivity contribution is 0.191. The van der Waals surface area contributed by atoms with E-state index < -0.39 is 0 Å². The first-order valence-electron chi connectivity index (χ1n) is 4.75. The summed E-state index contributed by atoms with van der Waals surface area (Å²) in [6, 6.07) is 5.46. The summed E-state index contributed by atoms with van der Waals surface area (Å²) >= 11 is 0. The van der Waals surface area contributed by atoms with Gasteiger partial charge in [0.15, 0.2) is 11.5 Å². The Kier molecular flexibility index (Phi) is 2.02. The largest absolute Gasteiger partial charge is 0.493 e. The van der Waals surface area contributed by atoms with Crippen LogP contribution >= 0.6 is 0 Å². The van der Waals surface area contributed by atoms with E-state index in [2.05, 4.69) is 6.92 Å². The van der Waals surface area contributed by atoms with Crippen LogP contribution in [0.25, 0.3) is 0 Å². The van der Waals surface area contributed by atoms with Crippen molar-refractivity contribution >= 4 is 5.69 Å². The van der Waals surface area contributed by atoms with Gasteiger partial charge in [0.2, 0.25) is 0 Å². The van der Waals surface area contributed by atoms with Gasteiger partial charge in [0.25, 0.3) is 0 Å². The first-order chi connectivity index (χ1) is 6.63. The lowest BCUT2D eigenvalue weighted by Gasteiger charge is -2.15. The number of hydrogen-bond donors (Lipinski definition) is 1. The second-order valence-corrected chi connectivity index (χ2v) is 3.96. The van der Waals surface area contributed by atoms with E-state index in [-0.39, 0.29) is 5.60 Å². The van der Waals surface area contributed by atoms with E-state index in [0.717, 1.165) is 18.6 Å². The Morgan fingerprint density at radius 2 is 2.00 bits per heavy atom. The zero-order valence-electron chi connectivity index (χ0n) is 8.54. The molecule has 2 rings (SSSR count). The molecule has 0 spiro atoms. The summed E-state index contributed by atoms with van der Waals surface area (Å²) in [6.45, 7) is 2.10. The van der Waals surface area contributed by atoms with Crippen molar-refractivity contribution in [3.05, 3.63) is 18.2 Å². The van der Waals surface area contributed by atoms with E-state index in [1.807, 2.05) is 12.1 Å². The molecule has 1 saturated carbocycles. The number of ether oxygens (including phenoxy) is 2. The number of anilines is 1. The third-order valence-corrected chi connectivity index (χ3v) is 2.50. The van der Waals surface area contributed by atoms with Crippen LogP contribution in [-0.4, -0.2) is 12.7 Å². The molecule has 0 aromatic heterocycles. The van der Waals surface area contributed by atoms with Gasteiger partial charge >= 0.3 is 0 Å². The summed E-state index contributed by atoms with van der Waals surface area (Å²) in [5, 5.41) is 0. The van der Waals surface area contributed by atoms with Gasteiger partial charge in [-0.15, -0.1) is 0 Å². The van der Waals surface area contributed by atoms with Crippen molar-refractivity contribution in [1.82, 2.24) is 0 Å². The molecule has 0 amide bonds. The second-order valence-electron chi connectivity index (χ2n) is 3.96. The lowest BCUT2D eigenvalue weighted by atomic mass is 10.2. The van der Waals surface area contributed by atoms with E-state index in [0.29, 0.717) is 11.4 Å². The summed E-state index contributed by atoms with van der Waals surface area (Å²) in [4.78, 5) is 0. The third-order valence-electron chi connectivity index (χ3n) is 2.50. The molecule has 1 fully saturated rings. The monoisotopic (exact) mass is 193 g/mol. The van der Waals surface area contributed by atoms with Crippen molar-refractivity contribution in [3.63, 3.8) is 0 Å². The minimum Gasteiger partial charge on any atom is -0.493 e. The van der Waals surface area contributed by atoms with Crippen molar-refractivity contribution in [1.29, 1.82) is 0 Å². The molecule has 1 aliphatic rings. The summed E-state index contributed by atoms with van der Waals surface area (Å²) in [5.41, 5.74) is 6.35. The Labute approximate surface area is 83.8 Å².